The van der Waals surface area contributed by atoms with Gasteiger partial charge in [0.1, 0.15) is 12.6 Å². The maximum atomic E-state index is 9.94. The molecule has 17 heavy (non-hydrogen) atoms. The second-order valence-electron chi connectivity index (χ2n) is 3.97. The fourth-order valence-electron chi connectivity index (χ4n) is 0.828. The van der Waals surface area contributed by atoms with Crippen LogP contribution in [0, 0.1) is 5.92 Å². The first kappa shape index (κ1) is 21.5. The minimum atomic E-state index is 0. The van der Waals surface area contributed by atoms with Crippen molar-refractivity contribution in [3.8, 4) is 0 Å². The molecular formula is C13H32N2O2. The first-order valence-corrected chi connectivity index (χ1v) is 6.40. The fraction of sp³-hybridized carbons (Fsp3) is 0.846. The third-order valence-electron chi connectivity index (χ3n) is 1.36. The van der Waals surface area contributed by atoms with Crippen LogP contribution in [0.4, 0.5) is 0 Å². The zero-order valence-corrected chi connectivity index (χ0v) is 12.0. The molecule has 0 saturated carbocycles. The van der Waals surface area contributed by atoms with Crippen LogP contribution in [0.1, 0.15) is 48.9 Å². The van der Waals surface area contributed by atoms with Crippen molar-refractivity contribution in [1.29, 1.82) is 0 Å². The van der Waals surface area contributed by atoms with Gasteiger partial charge >= 0.3 is 0 Å². The average Bonchev–Trinajstić information content (AvgIpc) is 2.84. The second-order valence-corrected chi connectivity index (χ2v) is 3.97. The van der Waals surface area contributed by atoms with Gasteiger partial charge < -0.3 is 20.6 Å². The molecule has 0 unspecified atom stereocenters. The third-order valence-corrected chi connectivity index (χ3v) is 1.36. The molecule has 1 saturated heterocycles. The van der Waals surface area contributed by atoms with Crippen molar-refractivity contribution in [3.63, 3.8) is 0 Å². The standard InChI is InChI=1S/C5H9NO.C4H10.C2H5NO.C2H6.H2/c7-4-5-2-1-3-6-5;1-4(2)3;3-1-2-4;1-2;/h4-6H,1-3H2;4H,1-3H3;2H,1,3H2;1-2H3;1H/t5-;;;;/m0..../s1. The van der Waals surface area contributed by atoms with Gasteiger partial charge in [-0.15, -0.1) is 0 Å². The summed E-state index contributed by atoms with van der Waals surface area (Å²) in [6.07, 6.45) is 3.82. The highest BCUT2D eigenvalue weighted by Crippen LogP contribution is 2.00. The number of aldehydes is 2. The van der Waals surface area contributed by atoms with Crippen molar-refractivity contribution in [2.24, 2.45) is 11.7 Å². The lowest BCUT2D eigenvalue weighted by Crippen LogP contribution is -2.21. The largest absolute Gasteiger partial charge is 0.324 e. The highest BCUT2D eigenvalue weighted by atomic mass is 16.1. The summed E-state index contributed by atoms with van der Waals surface area (Å²) in [6, 6.07) is 0.167. The average molecular weight is 248 g/mol. The van der Waals surface area contributed by atoms with E-state index in [-0.39, 0.29) is 14.0 Å². The number of rotatable bonds is 2. The lowest BCUT2D eigenvalue weighted by Gasteiger charge is -1.93. The topological polar surface area (TPSA) is 72.2 Å². The summed E-state index contributed by atoms with van der Waals surface area (Å²) in [5, 5.41) is 3.04. The number of nitrogens with two attached hydrogens (primary N) is 1. The smallest absolute Gasteiger partial charge is 0.136 e. The van der Waals surface area contributed by atoms with Crippen LogP contribution < -0.4 is 11.1 Å². The van der Waals surface area contributed by atoms with Crippen LogP contribution >= 0.6 is 0 Å². The van der Waals surface area contributed by atoms with Gasteiger partial charge in [0, 0.05) is 7.97 Å². The molecule has 4 nitrogen and oxygen atoms in total. The van der Waals surface area contributed by atoms with Crippen LogP contribution in [0.15, 0.2) is 0 Å². The Morgan fingerprint density at radius 2 is 1.76 bits per heavy atom. The van der Waals surface area contributed by atoms with Crippen LogP contribution in [-0.4, -0.2) is 31.7 Å². The van der Waals surface area contributed by atoms with Gasteiger partial charge in [-0.25, -0.2) is 0 Å². The Hall–Kier alpha value is -0.740. The van der Waals surface area contributed by atoms with E-state index in [4.69, 9.17) is 4.79 Å². The van der Waals surface area contributed by atoms with Crippen molar-refractivity contribution in [2.45, 2.75) is 53.5 Å². The van der Waals surface area contributed by atoms with E-state index in [0.29, 0.717) is 6.29 Å². The molecule has 3 N–H and O–H groups in total. The molecule has 0 aromatic rings. The summed E-state index contributed by atoms with van der Waals surface area (Å²) < 4.78 is 0. The van der Waals surface area contributed by atoms with E-state index in [1.54, 1.807) is 0 Å². The van der Waals surface area contributed by atoms with Gasteiger partial charge in [0.15, 0.2) is 0 Å². The van der Waals surface area contributed by atoms with Crippen LogP contribution in [-0.2, 0) is 9.59 Å². The molecule has 1 heterocycles. The molecule has 1 atom stereocenters. The minimum absolute atomic E-state index is 0. The quantitative estimate of drug-likeness (QED) is 0.733. The first-order valence-electron chi connectivity index (χ1n) is 6.40. The Morgan fingerprint density at radius 3 is 1.88 bits per heavy atom. The lowest BCUT2D eigenvalue weighted by atomic mass is 10.2. The molecule has 4 heteroatoms. The van der Waals surface area contributed by atoms with E-state index in [0.717, 1.165) is 31.6 Å². The van der Waals surface area contributed by atoms with Gasteiger partial charge in [-0.3, -0.25) is 0 Å². The zero-order valence-electron chi connectivity index (χ0n) is 12.0. The number of hydrogen-bond acceptors (Lipinski definition) is 4. The molecule has 0 spiro atoms. The van der Waals surface area contributed by atoms with E-state index in [1.165, 1.54) is 0 Å². The minimum Gasteiger partial charge on any atom is -0.324 e. The predicted octanol–water partition coefficient (Wildman–Crippen LogP) is 2.02. The van der Waals surface area contributed by atoms with Crippen molar-refractivity contribution in [2.75, 3.05) is 13.1 Å². The van der Waals surface area contributed by atoms with Gasteiger partial charge in [-0.1, -0.05) is 34.6 Å². The molecule has 106 valence electrons. The van der Waals surface area contributed by atoms with Crippen LogP contribution in [0.5, 0.6) is 0 Å². The normalized spacial score (nSPS) is 16.5. The van der Waals surface area contributed by atoms with Crippen LogP contribution in [0.2, 0.25) is 0 Å². The highest BCUT2D eigenvalue weighted by Gasteiger charge is 2.10. The molecular weight excluding hydrogens is 216 g/mol. The summed E-state index contributed by atoms with van der Waals surface area (Å²) in [6.45, 7) is 11.7. The molecule has 1 fully saturated rings. The molecule has 0 aliphatic carbocycles. The maximum absolute atomic E-state index is 9.94. The third kappa shape index (κ3) is 31.3. The summed E-state index contributed by atoms with van der Waals surface area (Å²) in [5.74, 6) is 0.833. The Morgan fingerprint density at radius 1 is 1.35 bits per heavy atom. The predicted molar refractivity (Wildman–Crippen MR) is 76.2 cm³/mol. The number of carbonyl (C=O) groups is 2. The van der Waals surface area contributed by atoms with E-state index < -0.39 is 0 Å². The number of nitrogens with one attached hydrogen (secondary N) is 1. The summed E-state index contributed by atoms with van der Waals surface area (Å²) in [7, 11) is 0. The van der Waals surface area contributed by atoms with Crippen LogP contribution in [0.25, 0.3) is 0 Å². The van der Waals surface area contributed by atoms with E-state index in [9.17, 15) is 4.79 Å². The number of carbonyl (C=O) groups excluding carboxylic acids is 2. The van der Waals surface area contributed by atoms with E-state index >= 15 is 0 Å². The van der Waals surface area contributed by atoms with E-state index in [1.807, 2.05) is 13.8 Å². The second kappa shape index (κ2) is 20.6. The zero-order chi connectivity index (χ0) is 14.1. The Labute approximate surface area is 108 Å². The molecule has 1 rings (SSSR count). The molecule has 0 aromatic heterocycles. The van der Waals surface area contributed by atoms with Gasteiger partial charge in [0.2, 0.25) is 0 Å². The summed E-state index contributed by atoms with van der Waals surface area (Å²) in [5.41, 5.74) is 4.66. The molecule has 0 radical (unpaired) electrons. The van der Waals surface area contributed by atoms with Gasteiger partial charge in [0.05, 0.1) is 6.04 Å². The summed E-state index contributed by atoms with van der Waals surface area (Å²) >= 11 is 0. The van der Waals surface area contributed by atoms with Crippen molar-refractivity contribution < 1.29 is 11.0 Å². The van der Waals surface area contributed by atoms with Crippen molar-refractivity contribution in [3.05, 3.63) is 0 Å². The van der Waals surface area contributed by atoms with Crippen LogP contribution in [0.3, 0.4) is 0 Å². The Kier molecular flexibility index (Phi) is 26.2. The Balaban J connectivity index is -0.0000000789. The SMILES string of the molecule is CC.CC(C)C.NCC=O.O=C[C@@H]1CCCN1.[HH]. The monoisotopic (exact) mass is 248 g/mol. The highest BCUT2D eigenvalue weighted by molar-refractivity contribution is 5.57. The van der Waals surface area contributed by atoms with Crippen molar-refractivity contribution in [1.82, 2.24) is 5.32 Å². The molecule has 1 aliphatic heterocycles. The van der Waals surface area contributed by atoms with Gasteiger partial charge in [0.25, 0.3) is 0 Å². The summed E-state index contributed by atoms with van der Waals surface area (Å²) in [4.78, 5) is 19.0. The Bertz CT molecular complexity index is 147. The lowest BCUT2D eigenvalue weighted by molar-refractivity contribution is -0.109. The maximum Gasteiger partial charge on any atom is 0.136 e. The van der Waals surface area contributed by atoms with E-state index in [2.05, 4.69) is 31.8 Å². The fourth-order valence-corrected chi connectivity index (χ4v) is 0.828. The first-order chi connectivity index (χ1) is 8.08. The number of hydrogen-bond donors (Lipinski definition) is 2. The molecule has 0 aromatic carbocycles. The van der Waals surface area contributed by atoms with Crippen molar-refractivity contribution >= 4 is 12.6 Å². The molecule has 0 bridgehead atoms. The van der Waals surface area contributed by atoms with Gasteiger partial charge in [-0.2, -0.15) is 0 Å². The molecule has 0 amide bonds. The molecule has 1 aliphatic rings. The van der Waals surface area contributed by atoms with Gasteiger partial charge in [-0.05, 0) is 25.3 Å².